The zero-order valence-electron chi connectivity index (χ0n) is 13.3. The molecule has 2 aromatic rings. The van der Waals surface area contributed by atoms with E-state index < -0.39 is 6.61 Å². The Morgan fingerprint density at radius 1 is 1.00 bits per heavy atom. The van der Waals surface area contributed by atoms with Crippen LogP contribution in [0, 0.1) is 0 Å². The van der Waals surface area contributed by atoms with Crippen molar-refractivity contribution in [2.24, 2.45) is 0 Å². The SMILES string of the molecule is CCC(C)(C)c1ccc(Oc2ccc(C(=O)CO)cc2)cc1. The lowest BCUT2D eigenvalue weighted by molar-refractivity contribution is 0.0903. The Labute approximate surface area is 131 Å². The minimum absolute atomic E-state index is 0.158. The van der Waals surface area contributed by atoms with Crippen LogP contribution in [0.25, 0.3) is 0 Å². The van der Waals surface area contributed by atoms with Gasteiger partial charge < -0.3 is 9.84 Å². The number of hydrogen-bond acceptors (Lipinski definition) is 3. The molecule has 0 amide bonds. The number of Topliss-reactive ketones (excluding diaryl/α,β-unsaturated/α-hetero) is 1. The number of aliphatic hydroxyl groups excluding tert-OH is 1. The minimum atomic E-state index is -0.477. The van der Waals surface area contributed by atoms with E-state index in [9.17, 15) is 4.79 Å². The first-order valence-electron chi connectivity index (χ1n) is 7.49. The van der Waals surface area contributed by atoms with Crippen LogP contribution in [0.5, 0.6) is 11.5 Å². The summed E-state index contributed by atoms with van der Waals surface area (Å²) in [4.78, 5) is 11.4. The van der Waals surface area contributed by atoms with Crippen LogP contribution in [-0.4, -0.2) is 17.5 Å². The van der Waals surface area contributed by atoms with Gasteiger partial charge in [0.05, 0.1) is 0 Å². The summed E-state index contributed by atoms with van der Waals surface area (Å²) in [7, 11) is 0. The van der Waals surface area contributed by atoms with Crippen molar-refractivity contribution >= 4 is 5.78 Å². The Kier molecular flexibility index (Phi) is 4.99. The average molecular weight is 298 g/mol. The molecule has 0 aliphatic rings. The molecule has 0 fully saturated rings. The Bertz CT molecular complexity index is 625. The lowest BCUT2D eigenvalue weighted by atomic mass is 9.82. The van der Waals surface area contributed by atoms with Gasteiger partial charge in [-0.05, 0) is 53.8 Å². The molecule has 0 atom stereocenters. The number of ketones is 1. The van der Waals surface area contributed by atoms with Gasteiger partial charge in [-0.1, -0.05) is 32.9 Å². The van der Waals surface area contributed by atoms with E-state index in [0.717, 1.165) is 12.2 Å². The van der Waals surface area contributed by atoms with Crippen molar-refractivity contribution in [3.05, 3.63) is 59.7 Å². The maximum absolute atomic E-state index is 11.4. The van der Waals surface area contributed by atoms with Gasteiger partial charge in [-0.2, -0.15) is 0 Å². The third-order valence-corrected chi connectivity index (χ3v) is 4.08. The van der Waals surface area contributed by atoms with Gasteiger partial charge in [0, 0.05) is 5.56 Å². The highest BCUT2D eigenvalue weighted by atomic mass is 16.5. The lowest BCUT2D eigenvalue weighted by Crippen LogP contribution is -2.14. The van der Waals surface area contributed by atoms with Gasteiger partial charge in [-0.25, -0.2) is 0 Å². The van der Waals surface area contributed by atoms with Crippen molar-refractivity contribution < 1.29 is 14.6 Å². The van der Waals surface area contributed by atoms with Gasteiger partial charge >= 0.3 is 0 Å². The number of ether oxygens (including phenoxy) is 1. The van der Waals surface area contributed by atoms with Gasteiger partial charge in [0.15, 0.2) is 5.78 Å². The van der Waals surface area contributed by atoms with Crippen molar-refractivity contribution in [3.63, 3.8) is 0 Å². The first-order chi connectivity index (χ1) is 10.5. The first-order valence-corrected chi connectivity index (χ1v) is 7.49. The topological polar surface area (TPSA) is 46.5 Å². The van der Waals surface area contributed by atoms with Crippen molar-refractivity contribution in [2.45, 2.75) is 32.6 Å². The Morgan fingerprint density at radius 3 is 1.95 bits per heavy atom. The molecule has 2 aromatic carbocycles. The normalized spacial score (nSPS) is 11.3. The third-order valence-electron chi connectivity index (χ3n) is 4.08. The molecular formula is C19H22O3. The summed E-state index contributed by atoms with van der Waals surface area (Å²) >= 11 is 0. The van der Waals surface area contributed by atoms with E-state index in [1.165, 1.54) is 5.56 Å². The number of benzene rings is 2. The summed E-state index contributed by atoms with van der Waals surface area (Å²) in [5.74, 6) is 1.13. The number of hydrogen-bond donors (Lipinski definition) is 1. The van der Waals surface area contributed by atoms with Crippen LogP contribution in [0.15, 0.2) is 48.5 Å². The van der Waals surface area contributed by atoms with Crippen molar-refractivity contribution in [1.29, 1.82) is 0 Å². The summed E-state index contributed by atoms with van der Waals surface area (Å²) < 4.78 is 5.77. The molecule has 1 N–H and O–H groups in total. The predicted octanol–water partition coefficient (Wildman–Crippen LogP) is 4.34. The van der Waals surface area contributed by atoms with E-state index in [0.29, 0.717) is 11.3 Å². The van der Waals surface area contributed by atoms with Gasteiger partial charge in [-0.15, -0.1) is 0 Å². The van der Waals surface area contributed by atoms with Crippen LogP contribution in [0.3, 0.4) is 0 Å². The zero-order chi connectivity index (χ0) is 16.2. The summed E-state index contributed by atoms with van der Waals surface area (Å²) in [5.41, 5.74) is 1.92. The molecule has 116 valence electrons. The predicted molar refractivity (Wildman–Crippen MR) is 87.7 cm³/mol. The largest absolute Gasteiger partial charge is 0.457 e. The monoisotopic (exact) mass is 298 g/mol. The molecule has 0 aliphatic carbocycles. The van der Waals surface area contributed by atoms with Crippen molar-refractivity contribution in [3.8, 4) is 11.5 Å². The smallest absolute Gasteiger partial charge is 0.188 e. The Balaban J connectivity index is 2.09. The maximum Gasteiger partial charge on any atom is 0.188 e. The summed E-state index contributed by atoms with van der Waals surface area (Å²) in [5, 5.41) is 8.82. The first kappa shape index (κ1) is 16.2. The van der Waals surface area contributed by atoms with E-state index in [-0.39, 0.29) is 11.2 Å². The number of rotatable bonds is 6. The van der Waals surface area contributed by atoms with E-state index in [1.54, 1.807) is 24.3 Å². The van der Waals surface area contributed by atoms with E-state index >= 15 is 0 Å². The molecule has 22 heavy (non-hydrogen) atoms. The lowest BCUT2D eigenvalue weighted by Gasteiger charge is -2.23. The third kappa shape index (κ3) is 3.74. The van der Waals surface area contributed by atoms with Crippen LogP contribution in [0.4, 0.5) is 0 Å². The number of carbonyl (C=O) groups excluding carboxylic acids is 1. The van der Waals surface area contributed by atoms with Gasteiger partial charge in [0.2, 0.25) is 0 Å². The molecule has 0 unspecified atom stereocenters. The van der Waals surface area contributed by atoms with E-state index in [1.807, 2.05) is 12.1 Å². The molecule has 3 heteroatoms. The molecular weight excluding hydrogens is 276 g/mol. The van der Waals surface area contributed by atoms with Crippen LogP contribution in [0.2, 0.25) is 0 Å². The molecule has 2 rings (SSSR count). The fourth-order valence-electron chi connectivity index (χ4n) is 2.11. The second-order valence-electron chi connectivity index (χ2n) is 5.97. The van der Waals surface area contributed by atoms with Crippen LogP contribution >= 0.6 is 0 Å². The van der Waals surface area contributed by atoms with E-state index in [4.69, 9.17) is 9.84 Å². The molecule has 0 saturated carbocycles. The molecule has 0 bridgehead atoms. The van der Waals surface area contributed by atoms with Gasteiger partial charge in [0.25, 0.3) is 0 Å². The average Bonchev–Trinajstić information content (AvgIpc) is 2.55. The summed E-state index contributed by atoms with van der Waals surface area (Å²) in [6, 6.07) is 14.9. The number of carbonyl (C=O) groups is 1. The van der Waals surface area contributed by atoms with Crippen LogP contribution < -0.4 is 4.74 Å². The highest BCUT2D eigenvalue weighted by molar-refractivity contribution is 5.96. The van der Waals surface area contributed by atoms with Crippen molar-refractivity contribution in [1.82, 2.24) is 0 Å². The second-order valence-corrected chi connectivity index (χ2v) is 5.97. The van der Waals surface area contributed by atoms with Gasteiger partial charge in [0.1, 0.15) is 18.1 Å². The molecule has 3 nitrogen and oxygen atoms in total. The highest BCUT2D eigenvalue weighted by Gasteiger charge is 2.17. The molecule has 0 aromatic heterocycles. The quantitative estimate of drug-likeness (QED) is 0.807. The Morgan fingerprint density at radius 2 is 1.50 bits per heavy atom. The second kappa shape index (κ2) is 6.75. The zero-order valence-corrected chi connectivity index (χ0v) is 13.3. The maximum atomic E-state index is 11.4. The minimum Gasteiger partial charge on any atom is -0.457 e. The molecule has 0 saturated heterocycles. The van der Waals surface area contributed by atoms with Crippen LogP contribution in [0.1, 0.15) is 43.1 Å². The summed E-state index contributed by atoms with van der Waals surface area (Å²) in [6.07, 6.45) is 1.08. The van der Waals surface area contributed by atoms with Crippen LogP contribution in [-0.2, 0) is 5.41 Å². The van der Waals surface area contributed by atoms with Gasteiger partial charge in [-0.3, -0.25) is 4.79 Å². The standard InChI is InChI=1S/C19H22O3/c1-4-19(2,3)15-7-11-17(12-8-15)22-16-9-5-14(6-10-16)18(21)13-20/h5-12,20H,4,13H2,1-3H3. The van der Waals surface area contributed by atoms with Crippen molar-refractivity contribution in [2.75, 3.05) is 6.61 Å². The molecule has 0 aliphatic heterocycles. The number of aliphatic hydroxyl groups is 1. The Hall–Kier alpha value is -2.13. The fourth-order valence-corrected chi connectivity index (χ4v) is 2.11. The highest BCUT2D eigenvalue weighted by Crippen LogP contribution is 2.29. The summed E-state index contributed by atoms with van der Waals surface area (Å²) in [6.45, 7) is 6.15. The molecule has 0 heterocycles. The van der Waals surface area contributed by atoms with E-state index in [2.05, 4.69) is 32.9 Å². The molecule has 0 radical (unpaired) electrons. The fraction of sp³-hybridized carbons (Fsp3) is 0.316. The molecule has 0 spiro atoms.